The Balaban J connectivity index is 1.56. The van der Waals surface area contributed by atoms with Crippen LogP contribution in [0.2, 0.25) is 0 Å². The predicted octanol–water partition coefficient (Wildman–Crippen LogP) is 1.79. The first-order valence-electron chi connectivity index (χ1n) is 9.19. The van der Waals surface area contributed by atoms with Crippen molar-refractivity contribution in [2.75, 3.05) is 18.0 Å². The molecule has 0 bridgehead atoms. The number of aliphatic carboxylic acids is 1. The SMILES string of the molecule is O=C(O)CN(CC(=O)NCc1cccc(C(=O)NC2CC2)c1)c1ccccc1. The summed E-state index contributed by atoms with van der Waals surface area (Å²) in [5.74, 6) is -1.41. The lowest BCUT2D eigenvalue weighted by molar-refractivity contribution is -0.135. The molecule has 2 aromatic carbocycles. The summed E-state index contributed by atoms with van der Waals surface area (Å²) in [5.41, 5.74) is 2.04. The van der Waals surface area contributed by atoms with Gasteiger partial charge < -0.3 is 20.6 Å². The minimum atomic E-state index is -1.01. The summed E-state index contributed by atoms with van der Waals surface area (Å²) >= 11 is 0. The molecule has 0 unspecified atom stereocenters. The number of carbonyl (C=O) groups excluding carboxylic acids is 2. The van der Waals surface area contributed by atoms with Crippen molar-refractivity contribution in [3.05, 3.63) is 65.7 Å². The Hall–Kier alpha value is -3.35. The molecule has 1 aliphatic carbocycles. The monoisotopic (exact) mass is 381 g/mol. The van der Waals surface area contributed by atoms with E-state index in [4.69, 9.17) is 5.11 Å². The van der Waals surface area contributed by atoms with Crippen LogP contribution in [0.25, 0.3) is 0 Å². The highest BCUT2D eigenvalue weighted by Crippen LogP contribution is 2.19. The minimum absolute atomic E-state index is 0.0713. The second-order valence-corrected chi connectivity index (χ2v) is 6.81. The highest BCUT2D eigenvalue weighted by molar-refractivity contribution is 5.94. The van der Waals surface area contributed by atoms with Crippen molar-refractivity contribution < 1.29 is 19.5 Å². The van der Waals surface area contributed by atoms with Crippen molar-refractivity contribution >= 4 is 23.5 Å². The Labute approximate surface area is 163 Å². The van der Waals surface area contributed by atoms with Crippen LogP contribution in [-0.4, -0.2) is 42.0 Å². The van der Waals surface area contributed by atoms with Crippen LogP contribution in [0.4, 0.5) is 5.69 Å². The Morgan fingerprint density at radius 3 is 2.43 bits per heavy atom. The number of nitrogens with one attached hydrogen (secondary N) is 2. The smallest absolute Gasteiger partial charge is 0.323 e. The van der Waals surface area contributed by atoms with Crippen LogP contribution < -0.4 is 15.5 Å². The maximum absolute atomic E-state index is 12.3. The van der Waals surface area contributed by atoms with E-state index in [1.54, 1.807) is 42.5 Å². The molecule has 0 spiro atoms. The van der Waals surface area contributed by atoms with Gasteiger partial charge in [-0.15, -0.1) is 0 Å². The van der Waals surface area contributed by atoms with Crippen LogP contribution >= 0.6 is 0 Å². The molecule has 3 rings (SSSR count). The molecule has 28 heavy (non-hydrogen) atoms. The number of hydrogen-bond donors (Lipinski definition) is 3. The Morgan fingerprint density at radius 2 is 1.75 bits per heavy atom. The van der Waals surface area contributed by atoms with Gasteiger partial charge >= 0.3 is 5.97 Å². The van der Waals surface area contributed by atoms with E-state index in [0.717, 1.165) is 18.4 Å². The van der Waals surface area contributed by atoms with Crippen molar-refractivity contribution in [1.82, 2.24) is 10.6 Å². The summed E-state index contributed by atoms with van der Waals surface area (Å²) in [6.45, 7) is -0.0779. The number of carboxylic acids is 1. The van der Waals surface area contributed by atoms with Gasteiger partial charge in [0.2, 0.25) is 5.91 Å². The number of amides is 2. The lowest BCUT2D eigenvalue weighted by atomic mass is 10.1. The molecular weight excluding hydrogens is 358 g/mol. The number of rotatable bonds is 9. The van der Waals surface area contributed by atoms with Gasteiger partial charge in [-0.25, -0.2) is 0 Å². The van der Waals surface area contributed by atoms with Gasteiger partial charge in [0, 0.05) is 23.8 Å². The van der Waals surface area contributed by atoms with E-state index in [9.17, 15) is 14.4 Å². The van der Waals surface area contributed by atoms with E-state index in [1.807, 2.05) is 12.1 Å². The summed E-state index contributed by atoms with van der Waals surface area (Å²) in [6.07, 6.45) is 2.05. The average molecular weight is 381 g/mol. The molecule has 2 amide bonds. The molecule has 0 radical (unpaired) electrons. The molecule has 0 aromatic heterocycles. The van der Waals surface area contributed by atoms with E-state index >= 15 is 0 Å². The first-order valence-corrected chi connectivity index (χ1v) is 9.19. The van der Waals surface area contributed by atoms with Crippen molar-refractivity contribution in [1.29, 1.82) is 0 Å². The molecule has 0 saturated heterocycles. The zero-order chi connectivity index (χ0) is 19.9. The average Bonchev–Trinajstić information content (AvgIpc) is 3.50. The van der Waals surface area contributed by atoms with Crippen LogP contribution in [0.3, 0.4) is 0 Å². The number of nitrogens with zero attached hydrogens (tertiary/aromatic N) is 1. The Kier molecular flexibility index (Phi) is 6.26. The second kappa shape index (κ2) is 9.03. The van der Waals surface area contributed by atoms with E-state index in [0.29, 0.717) is 11.3 Å². The van der Waals surface area contributed by atoms with Gasteiger partial charge in [-0.1, -0.05) is 30.3 Å². The molecule has 0 heterocycles. The van der Waals surface area contributed by atoms with E-state index < -0.39 is 5.97 Å². The Bertz CT molecular complexity index is 850. The van der Waals surface area contributed by atoms with Gasteiger partial charge in [-0.2, -0.15) is 0 Å². The lowest BCUT2D eigenvalue weighted by Gasteiger charge is -2.22. The van der Waals surface area contributed by atoms with E-state index in [2.05, 4.69) is 10.6 Å². The molecule has 0 aliphatic heterocycles. The number of anilines is 1. The molecule has 1 aliphatic rings. The molecule has 1 fully saturated rings. The normalized spacial score (nSPS) is 12.9. The molecule has 2 aromatic rings. The summed E-state index contributed by atoms with van der Waals surface area (Å²) in [4.78, 5) is 37.1. The van der Waals surface area contributed by atoms with Gasteiger partial charge in [0.1, 0.15) is 6.54 Å². The highest BCUT2D eigenvalue weighted by Gasteiger charge is 2.23. The van der Waals surface area contributed by atoms with Crippen LogP contribution in [0.5, 0.6) is 0 Å². The number of carboxylic acid groups (broad SMARTS) is 1. The third kappa shape index (κ3) is 5.84. The number of carbonyl (C=O) groups is 3. The standard InChI is InChI=1S/C21H23N3O4/c25-19(13-24(14-20(26)27)18-7-2-1-3-8-18)22-12-15-5-4-6-16(11-15)21(28)23-17-9-10-17/h1-8,11,17H,9-10,12-14H2,(H,22,25)(H,23,28)(H,26,27). The maximum atomic E-state index is 12.3. The molecule has 0 atom stereocenters. The fourth-order valence-corrected chi connectivity index (χ4v) is 2.79. The van der Waals surface area contributed by atoms with Gasteiger partial charge in [0.15, 0.2) is 0 Å². The zero-order valence-corrected chi connectivity index (χ0v) is 15.4. The van der Waals surface area contributed by atoms with Crippen LogP contribution in [0.1, 0.15) is 28.8 Å². The van der Waals surface area contributed by atoms with Crippen LogP contribution in [0.15, 0.2) is 54.6 Å². The molecule has 146 valence electrons. The first kappa shape index (κ1) is 19.4. The number of benzene rings is 2. The third-order valence-corrected chi connectivity index (χ3v) is 4.37. The van der Waals surface area contributed by atoms with Crippen LogP contribution in [0, 0.1) is 0 Å². The quantitative estimate of drug-likeness (QED) is 0.615. The fraction of sp³-hybridized carbons (Fsp3) is 0.286. The minimum Gasteiger partial charge on any atom is -0.480 e. The largest absolute Gasteiger partial charge is 0.480 e. The summed E-state index contributed by atoms with van der Waals surface area (Å²) in [6, 6.07) is 16.3. The molecule has 7 heteroatoms. The predicted molar refractivity (Wildman–Crippen MR) is 105 cm³/mol. The summed E-state index contributed by atoms with van der Waals surface area (Å²) in [7, 11) is 0. The van der Waals surface area contributed by atoms with E-state index in [-0.39, 0.29) is 37.5 Å². The van der Waals surface area contributed by atoms with Crippen molar-refractivity contribution in [3.63, 3.8) is 0 Å². The highest BCUT2D eigenvalue weighted by atomic mass is 16.4. The van der Waals surface area contributed by atoms with E-state index in [1.165, 1.54) is 4.90 Å². The van der Waals surface area contributed by atoms with Crippen molar-refractivity contribution in [3.8, 4) is 0 Å². The fourth-order valence-electron chi connectivity index (χ4n) is 2.79. The van der Waals surface area contributed by atoms with Gasteiger partial charge in [0.25, 0.3) is 5.91 Å². The second-order valence-electron chi connectivity index (χ2n) is 6.81. The first-order chi connectivity index (χ1) is 13.5. The zero-order valence-electron chi connectivity index (χ0n) is 15.4. The molecule has 1 saturated carbocycles. The van der Waals surface area contributed by atoms with Gasteiger partial charge in [0.05, 0.1) is 6.54 Å². The number of hydrogen-bond acceptors (Lipinski definition) is 4. The van der Waals surface area contributed by atoms with Crippen molar-refractivity contribution in [2.24, 2.45) is 0 Å². The van der Waals surface area contributed by atoms with Gasteiger partial charge in [-0.05, 0) is 42.7 Å². The lowest BCUT2D eigenvalue weighted by Crippen LogP contribution is -2.39. The number of para-hydroxylation sites is 1. The maximum Gasteiger partial charge on any atom is 0.323 e. The van der Waals surface area contributed by atoms with Crippen molar-refractivity contribution in [2.45, 2.75) is 25.4 Å². The summed E-state index contributed by atoms with van der Waals surface area (Å²) in [5, 5.41) is 14.8. The molecular formula is C21H23N3O4. The van der Waals surface area contributed by atoms with Crippen LogP contribution in [-0.2, 0) is 16.1 Å². The molecule has 3 N–H and O–H groups in total. The molecule has 7 nitrogen and oxygen atoms in total. The topological polar surface area (TPSA) is 98.7 Å². The third-order valence-electron chi connectivity index (χ3n) is 4.37. The summed E-state index contributed by atoms with van der Waals surface area (Å²) < 4.78 is 0. The Morgan fingerprint density at radius 1 is 1.00 bits per heavy atom. The van der Waals surface area contributed by atoms with Gasteiger partial charge in [-0.3, -0.25) is 14.4 Å².